The van der Waals surface area contributed by atoms with Crippen molar-refractivity contribution in [3.8, 4) is 0 Å². The largest absolute Gasteiger partial charge is 0.304 e. The first-order valence-corrected chi connectivity index (χ1v) is 7.28. The van der Waals surface area contributed by atoms with Gasteiger partial charge in [0.25, 0.3) is 5.56 Å². The minimum Gasteiger partial charge on any atom is -0.304 e. The van der Waals surface area contributed by atoms with Gasteiger partial charge < -0.3 is 4.57 Å². The summed E-state index contributed by atoms with van der Waals surface area (Å²) in [5.74, 6) is 0.479. The molecular weight excluding hydrogens is 283 g/mol. The zero-order valence-corrected chi connectivity index (χ0v) is 12.6. The molecule has 0 aliphatic rings. The molecule has 0 bridgehead atoms. The highest BCUT2D eigenvalue weighted by Crippen LogP contribution is 2.09. The Morgan fingerprint density at radius 2 is 2.09 bits per heavy atom. The minimum atomic E-state index is -0.308. The van der Waals surface area contributed by atoms with Crippen LogP contribution in [0.3, 0.4) is 0 Å². The van der Waals surface area contributed by atoms with Gasteiger partial charge in [-0.15, -0.1) is 10.2 Å². The third kappa shape index (κ3) is 2.52. The fraction of sp³-hybridized carbons (Fsp3) is 0.312. The van der Waals surface area contributed by atoms with Crippen LogP contribution in [0.4, 0.5) is 4.39 Å². The van der Waals surface area contributed by atoms with Crippen LogP contribution >= 0.6 is 0 Å². The van der Waals surface area contributed by atoms with Crippen molar-refractivity contribution in [2.24, 2.45) is 0 Å². The van der Waals surface area contributed by atoms with E-state index in [-0.39, 0.29) is 11.4 Å². The second kappa shape index (κ2) is 5.71. The molecule has 0 aliphatic heterocycles. The molecule has 3 rings (SSSR count). The van der Waals surface area contributed by atoms with Gasteiger partial charge in [-0.25, -0.2) is 4.39 Å². The van der Waals surface area contributed by atoms with E-state index in [9.17, 15) is 9.18 Å². The first-order chi connectivity index (χ1) is 10.6. The average molecular weight is 300 g/mol. The third-order valence-corrected chi connectivity index (χ3v) is 3.65. The SMILES string of the molecule is CCCc1nnc2c(=O)n(Cc3cccc(F)c3)c(C)cn12. The highest BCUT2D eigenvalue weighted by atomic mass is 19.1. The van der Waals surface area contributed by atoms with Crippen molar-refractivity contribution < 1.29 is 4.39 Å². The summed E-state index contributed by atoms with van der Waals surface area (Å²) in [6, 6.07) is 6.26. The Morgan fingerprint density at radius 3 is 2.82 bits per heavy atom. The summed E-state index contributed by atoms with van der Waals surface area (Å²) in [4.78, 5) is 12.6. The molecule has 0 radical (unpaired) electrons. The predicted octanol–water partition coefficient (Wildman–Crippen LogP) is 2.34. The number of aromatic nitrogens is 4. The molecule has 2 heterocycles. The Kier molecular flexibility index (Phi) is 3.75. The van der Waals surface area contributed by atoms with E-state index in [1.807, 2.05) is 13.1 Å². The second-order valence-corrected chi connectivity index (χ2v) is 5.35. The number of nitrogens with zero attached hydrogens (tertiary/aromatic N) is 4. The molecule has 0 saturated carbocycles. The lowest BCUT2D eigenvalue weighted by atomic mass is 10.2. The molecule has 0 spiro atoms. The van der Waals surface area contributed by atoms with Crippen LogP contribution in [0.25, 0.3) is 5.65 Å². The summed E-state index contributed by atoms with van der Waals surface area (Å²) in [7, 11) is 0. The Hall–Kier alpha value is -2.50. The molecule has 0 fully saturated rings. The van der Waals surface area contributed by atoms with Gasteiger partial charge in [0.1, 0.15) is 11.6 Å². The lowest BCUT2D eigenvalue weighted by Gasteiger charge is -2.11. The van der Waals surface area contributed by atoms with Crippen molar-refractivity contribution in [1.82, 2.24) is 19.2 Å². The fourth-order valence-corrected chi connectivity index (χ4v) is 2.55. The molecule has 6 heteroatoms. The maximum atomic E-state index is 13.3. The zero-order valence-electron chi connectivity index (χ0n) is 12.6. The topological polar surface area (TPSA) is 52.2 Å². The number of benzene rings is 1. The predicted molar refractivity (Wildman–Crippen MR) is 81.5 cm³/mol. The molecule has 5 nitrogen and oxygen atoms in total. The normalized spacial score (nSPS) is 11.2. The van der Waals surface area contributed by atoms with Gasteiger partial charge >= 0.3 is 0 Å². The first-order valence-electron chi connectivity index (χ1n) is 7.28. The van der Waals surface area contributed by atoms with Crippen LogP contribution in [0.1, 0.15) is 30.4 Å². The number of aryl methyl sites for hydroxylation is 2. The van der Waals surface area contributed by atoms with Crippen molar-refractivity contribution in [3.63, 3.8) is 0 Å². The Bertz CT molecular complexity index is 881. The van der Waals surface area contributed by atoms with Crippen LogP contribution in [0.5, 0.6) is 0 Å². The highest BCUT2D eigenvalue weighted by Gasteiger charge is 2.13. The average Bonchev–Trinajstić information content (AvgIpc) is 2.87. The summed E-state index contributed by atoms with van der Waals surface area (Å²) in [6.45, 7) is 4.23. The van der Waals surface area contributed by atoms with Crippen molar-refractivity contribution in [3.05, 3.63) is 63.7 Å². The molecule has 0 saturated heterocycles. The van der Waals surface area contributed by atoms with Crippen LogP contribution in [-0.4, -0.2) is 19.2 Å². The highest BCUT2D eigenvalue weighted by molar-refractivity contribution is 5.36. The van der Waals surface area contributed by atoms with Crippen molar-refractivity contribution in [2.45, 2.75) is 33.2 Å². The number of halogens is 1. The summed E-state index contributed by atoms with van der Waals surface area (Å²) >= 11 is 0. The van der Waals surface area contributed by atoms with E-state index < -0.39 is 0 Å². The van der Waals surface area contributed by atoms with Crippen LogP contribution < -0.4 is 5.56 Å². The summed E-state index contributed by atoms with van der Waals surface area (Å²) in [5.41, 5.74) is 1.63. The standard InChI is InChI=1S/C16H17FN4O/c1-3-5-14-18-19-15-16(22)20(11(2)9-21(14)15)10-12-6-4-7-13(17)8-12/h4,6-9H,3,5,10H2,1-2H3. The van der Waals surface area contributed by atoms with Crippen LogP contribution in [0.2, 0.25) is 0 Å². The molecule has 0 amide bonds. The summed E-state index contributed by atoms with van der Waals surface area (Å²) in [5, 5.41) is 8.09. The van der Waals surface area contributed by atoms with Crippen LogP contribution in [-0.2, 0) is 13.0 Å². The quantitative estimate of drug-likeness (QED) is 0.743. The third-order valence-electron chi connectivity index (χ3n) is 3.65. The van der Waals surface area contributed by atoms with E-state index in [0.29, 0.717) is 12.2 Å². The van der Waals surface area contributed by atoms with E-state index in [2.05, 4.69) is 17.1 Å². The summed E-state index contributed by atoms with van der Waals surface area (Å²) < 4.78 is 16.6. The molecular formula is C16H17FN4O. The van der Waals surface area contributed by atoms with Crippen molar-refractivity contribution >= 4 is 5.65 Å². The minimum absolute atomic E-state index is 0.209. The van der Waals surface area contributed by atoms with Crippen molar-refractivity contribution in [1.29, 1.82) is 0 Å². The molecule has 114 valence electrons. The van der Waals surface area contributed by atoms with Gasteiger partial charge in [-0.2, -0.15) is 0 Å². The van der Waals surface area contributed by atoms with E-state index in [4.69, 9.17) is 0 Å². The van der Waals surface area contributed by atoms with E-state index >= 15 is 0 Å². The monoisotopic (exact) mass is 300 g/mol. The Labute approximate surface area is 127 Å². The van der Waals surface area contributed by atoms with Gasteiger partial charge in [-0.05, 0) is 31.0 Å². The maximum Gasteiger partial charge on any atom is 0.296 e. The lowest BCUT2D eigenvalue weighted by molar-refractivity contribution is 0.621. The number of rotatable bonds is 4. The number of hydrogen-bond acceptors (Lipinski definition) is 3. The first kappa shape index (κ1) is 14.4. The van der Waals surface area contributed by atoms with Gasteiger partial charge in [0, 0.05) is 18.3 Å². The Balaban J connectivity index is 2.09. The van der Waals surface area contributed by atoms with Gasteiger partial charge in [0.05, 0.1) is 6.54 Å². The van der Waals surface area contributed by atoms with E-state index in [0.717, 1.165) is 29.9 Å². The maximum absolute atomic E-state index is 13.3. The van der Waals surface area contributed by atoms with Crippen LogP contribution in [0.15, 0.2) is 35.3 Å². The molecule has 0 unspecified atom stereocenters. The van der Waals surface area contributed by atoms with Crippen LogP contribution in [0, 0.1) is 12.7 Å². The van der Waals surface area contributed by atoms with Crippen molar-refractivity contribution in [2.75, 3.05) is 0 Å². The molecule has 0 N–H and O–H groups in total. The molecule has 2 aromatic heterocycles. The fourth-order valence-electron chi connectivity index (χ4n) is 2.55. The molecule has 1 aromatic carbocycles. The van der Waals surface area contributed by atoms with Gasteiger partial charge in [-0.3, -0.25) is 9.20 Å². The van der Waals surface area contributed by atoms with Gasteiger partial charge in [0.15, 0.2) is 0 Å². The smallest absolute Gasteiger partial charge is 0.296 e. The molecule has 22 heavy (non-hydrogen) atoms. The lowest BCUT2D eigenvalue weighted by Crippen LogP contribution is -2.25. The second-order valence-electron chi connectivity index (χ2n) is 5.35. The molecule has 0 aliphatic carbocycles. The van der Waals surface area contributed by atoms with E-state index in [1.54, 1.807) is 21.1 Å². The van der Waals surface area contributed by atoms with Gasteiger partial charge in [0.2, 0.25) is 5.65 Å². The molecule has 0 atom stereocenters. The Morgan fingerprint density at radius 1 is 1.27 bits per heavy atom. The zero-order chi connectivity index (χ0) is 15.7. The summed E-state index contributed by atoms with van der Waals surface area (Å²) in [6.07, 6.45) is 3.57. The number of fused-ring (bicyclic) bond motifs is 1. The van der Waals surface area contributed by atoms with E-state index in [1.165, 1.54) is 12.1 Å². The van der Waals surface area contributed by atoms with Gasteiger partial charge in [-0.1, -0.05) is 19.1 Å². The molecule has 3 aromatic rings. The number of hydrogen-bond donors (Lipinski definition) is 0.